The molecule has 4 heteroatoms. The second-order valence-corrected chi connectivity index (χ2v) is 4.57. The van der Waals surface area contributed by atoms with Crippen LogP contribution in [0.3, 0.4) is 0 Å². The van der Waals surface area contributed by atoms with Crippen LogP contribution in [0.5, 0.6) is 0 Å². The molecule has 20 heavy (non-hydrogen) atoms. The number of hydrogen-bond acceptors (Lipinski definition) is 3. The van der Waals surface area contributed by atoms with Gasteiger partial charge in [0.1, 0.15) is 5.69 Å². The molecule has 1 aromatic heterocycles. The number of carboxylic acid groups (broad SMARTS) is 1. The van der Waals surface area contributed by atoms with Crippen LogP contribution in [0.25, 0.3) is 0 Å². The van der Waals surface area contributed by atoms with Crippen LogP contribution < -0.4 is 0 Å². The highest BCUT2D eigenvalue weighted by Gasteiger charge is 2.22. The molecule has 1 atom stereocenters. The Bertz CT molecular complexity index is 581. The lowest BCUT2D eigenvalue weighted by Crippen LogP contribution is -2.21. The minimum Gasteiger partial charge on any atom is -0.481 e. The molecule has 0 fully saturated rings. The number of aromatic nitrogens is 1. The van der Waals surface area contributed by atoms with E-state index in [0.717, 1.165) is 5.56 Å². The van der Waals surface area contributed by atoms with Crippen molar-refractivity contribution < 1.29 is 14.7 Å². The third-order valence-corrected chi connectivity index (χ3v) is 3.06. The lowest BCUT2D eigenvalue weighted by Gasteiger charge is -2.11. The van der Waals surface area contributed by atoms with Gasteiger partial charge in [0, 0.05) is 12.6 Å². The van der Waals surface area contributed by atoms with Gasteiger partial charge in [-0.15, -0.1) is 0 Å². The average molecular weight is 269 g/mol. The molecule has 4 nitrogen and oxygen atoms in total. The van der Waals surface area contributed by atoms with E-state index < -0.39 is 11.9 Å². The fourth-order valence-electron chi connectivity index (χ4n) is 2.00. The van der Waals surface area contributed by atoms with Crippen LogP contribution >= 0.6 is 0 Å². The van der Waals surface area contributed by atoms with E-state index in [2.05, 4.69) is 4.98 Å². The van der Waals surface area contributed by atoms with Crippen molar-refractivity contribution in [3.63, 3.8) is 0 Å². The molecule has 0 aliphatic rings. The molecule has 0 amide bonds. The highest BCUT2D eigenvalue weighted by Crippen LogP contribution is 2.15. The van der Waals surface area contributed by atoms with Crippen molar-refractivity contribution >= 4 is 11.8 Å². The number of carboxylic acids is 1. The van der Waals surface area contributed by atoms with Gasteiger partial charge >= 0.3 is 5.97 Å². The normalized spacial score (nSPS) is 11.8. The highest BCUT2D eigenvalue weighted by atomic mass is 16.4. The minimum atomic E-state index is -0.960. The van der Waals surface area contributed by atoms with Crippen molar-refractivity contribution in [3.8, 4) is 0 Å². The van der Waals surface area contributed by atoms with E-state index in [1.165, 1.54) is 6.20 Å². The third-order valence-electron chi connectivity index (χ3n) is 3.06. The largest absolute Gasteiger partial charge is 0.481 e. The number of hydrogen-bond donors (Lipinski definition) is 1. The Morgan fingerprint density at radius 1 is 1.05 bits per heavy atom. The molecular formula is C16H15NO3. The molecule has 1 N–H and O–H groups in total. The Morgan fingerprint density at radius 3 is 2.35 bits per heavy atom. The fourth-order valence-corrected chi connectivity index (χ4v) is 2.00. The van der Waals surface area contributed by atoms with Crippen LogP contribution in [-0.2, 0) is 11.2 Å². The van der Waals surface area contributed by atoms with Crippen LogP contribution in [0.15, 0.2) is 54.7 Å². The first-order valence-electron chi connectivity index (χ1n) is 6.38. The number of carbonyl (C=O) groups is 2. The van der Waals surface area contributed by atoms with Gasteiger partial charge in [0.25, 0.3) is 0 Å². The number of pyridine rings is 1. The molecule has 1 unspecified atom stereocenters. The summed E-state index contributed by atoms with van der Waals surface area (Å²) in [4.78, 5) is 27.3. The van der Waals surface area contributed by atoms with E-state index >= 15 is 0 Å². The molecule has 0 radical (unpaired) electrons. The van der Waals surface area contributed by atoms with Gasteiger partial charge < -0.3 is 5.11 Å². The number of nitrogens with zero attached hydrogens (tertiary/aromatic N) is 1. The van der Waals surface area contributed by atoms with Crippen LogP contribution in [-0.4, -0.2) is 21.8 Å². The molecule has 2 rings (SSSR count). The molecule has 0 bridgehead atoms. The topological polar surface area (TPSA) is 67.3 Å². The van der Waals surface area contributed by atoms with Crippen molar-refractivity contribution in [2.45, 2.75) is 12.8 Å². The van der Waals surface area contributed by atoms with Crippen LogP contribution in [0.4, 0.5) is 0 Å². The molecule has 0 saturated heterocycles. The summed E-state index contributed by atoms with van der Waals surface area (Å²) in [5.74, 6) is -1.93. The van der Waals surface area contributed by atoms with E-state index in [4.69, 9.17) is 0 Å². The predicted octanol–water partition coefficient (Wildman–Crippen LogP) is 2.60. The van der Waals surface area contributed by atoms with Crippen molar-refractivity contribution in [1.82, 2.24) is 4.98 Å². The maximum atomic E-state index is 12.0. The van der Waals surface area contributed by atoms with Gasteiger partial charge in [-0.05, 0) is 24.1 Å². The van der Waals surface area contributed by atoms with Crippen molar-refractivity contribution in [3.05, 3.63) is 66.0 Å². The number of benzene rings is 1. The first-order valence-corrected chi connectivity index (χ1v) is 6.38. The number of Topliss-reactive ketones (excluding diaryl/α,β-unsaturated/α-hetero) is 1. The molecule has 102 valence electrons. The summed E-state index contributed by atoms with van der Waals surface area (Å²) >= 11 is 0. The lowest BCUT2D eigenvalue weighted by molar-refractivity contribution is -0.141. The first-order chi connectivity index (χ1) is 9.66. The SMILES string of the molecule is O=C(CC(Cc1ccccc1)C(=O)O)c1ccccn1. The Balaban J connectivity index is 2.07. The summed E-state index contributed by atoms with van der Waals surface area (Å²) in [6, 6.07) is 14.3. The standard InChI is InChI=1S/C16H15NO3/c18-15(14-8-4-5-9-17-14)11-13(16(19)20)10-12-6-2-1-3-7-12/h1-9,13H,10-11H2,(H,19,20). The van der Waals surface area contributed by atoms with E-state index in [1.807, 2.05) is 30.3 Å². The Kier molecular flexibility index (Phi) is 4.60. The Hall–Kier alpha value is -2.49. The summed E-state index contributed by atoms with van der Waals surface area (Å²) in [5.41, 5.74) is 1.22. The van der Waals surface area contributed by atoms with E-state index in [1.54, 1.807) is 18.2 Å². The highest BCUT2D eigenvalue weighted by molar-refractivity contribution is 5.96. The van der Waals surface area contributed by atoms with Gasteiger partial charge in [0.15, 0.2) is 5.78 Å². The van der Waals surface area contributed by atoms with Gasteiger partial charge in [-0.3, -0.25) is 14.6 Å². The molecule has 0 saturated carbocycles. The van der Waals surface area contributed by atoms with Crippen molar-refractivity contribution in [1.29, 1.82) is 0 Å². The Morgan fingerprint density at radius 2 is 1.75 bits per heavy atom. The fraction of sp³-hybridized carbons (Fsp3) is 0.188. The van der Waals surface area contributed by atoms with Crippen LogP contribution in [0, 0.1) is 5.92 Å². The zero-order valence-corrected chi connectivity index (χ0v) is 10.9. The molecule has 0 spiro atoms. The molecule has 1 aromatic carbocycles. The monoisotopic (exact) mass is 269 g/mol. The van der Waals surface area contributed by atoms with E-state index in [9.17, 15) is 14.7 Å². The summed E-state index contributed by atoms with van der Waals surface area (Å²) in [7, 11) is 0. The number of ketones is 1. The summed E-state index contributed by atoms with van der Waals surface area (Å²) < 4.78 is 0. The Labute approximate surface area is 117 Å². The summed E-state index contributed by atoms with van der Waals surface area (Å²) in [6.07, 6.45) is 1.83. The first kappa shape index (κ1) is 13.9. The third kappa shape index (κ3) is 3.75. The zero-order chi connectivity index (χ0) is 14.4. The van der Waals surface area contributed by atoms with Gasteiger partial charge in [-0.2, -0.15) is 0 Å². The van der Waals surface area contributed by atoms with Gasteiger partial charge in [-0.1, -0.05) is 36.4 Å². The van der Waals surface area contributed by atoms with E-state index in [-0.39, 0.29) is 12.2 Å². The van der Waals surface area contributed by atoms with Gasteiger partial charge in [0.2, 0.25) is 0 Å². The molecule has 0 aliphatic carbocycles. The number of aliphatic carboxylic acids is 1. The lowest BCUT2D eigenvalue weighted by atomic mass is 9.93. The molecule has 2 aromatic rings. The maximum Gasteiger partial charge on any atom is 0.307 e. The average Bonchev–Trinajstić information content (AvgIpc) is 2.48. The number of carbonyl (C=O) groups excluding carboxylic acids is 1. The second kappa shape index (κ2) is 6.61. The maximum absolute atomic E-state index is 12.0. The zero-order valence-electron chi connectivity index (χ0n) is 10.9. The summed E-state index contributed by atoms with van der Waals surface area (Å²) in [6.45, 7) is 0. The van der Waals surface area contributed by atoms with Gasteiger partial charge in [0.05, 0.1) is 5.92 Å². The summed E-state index contributed by atoms with van der Waals surface area (Å²) in [5, 5.41) is 9.26. The minimum absolute atomic E-state index is 0.0404. The number of rotatable bonds is 6. The second-order valence-electron chi connectivity index (χ2n) is 4.57. The van der Waals surface area contributed by atoms with Crippen LogP contribution in [0.1, 0.15) is 22.5 Å². The predicted molar refractivity (Wildman–Crippen MR) is 74.5 cm³/mol. The quantitative estimate of drug-likeness (QED) is 0.818. The van der Waals surface area contributed by atoms with E-state index in [0.29, 0.717) is 12.1 Å². The molecule has 1 heterocycles. The molecule has 0 aliphatic heterocycles. The van der Waals surface area contributed by atoms with Gasteiger partial charge in [-0.25, -0.2) is 0 Å². The van der Waals surface area contributed by atoms with Crippen LogP contribution in [0.2, 0.25) is 0 Å². The van der Waals surface area contributed by atoms with Crippen molar-refractivity contribution in [2.75, 3.05) is 0 Å². The smallest absolute Gasteiger partial charge is 0.307 e. The van der Waals surface area contributed by atoms with Crippen molar-refractivity contribution in [2.24, 2.45) is 5.92 Å². The molecular weight excluding hydrogens is 254 g/mol.